The van der Waals surface area contributed by atoms with Crippen LogP contribution < -0.4 is 0 Å². The van der Waals surface area contributed by atoms with Crippen molar-refractivity contribution in [1.29, 1.82) is 0 Å². The summed E-state index contributed by atoms with van der Waals surface area (Å²) < 4.78 is 34.5. The molecule has 1 aliphatic carbocycles. The second-order valence-corrected chi connectivity index (χ2v) is 9.44. The normalized spacial score (nSPS) is 27.6. The molecule has 0 spiro atoms. The molecule has 7 nitrogen and oxygen atoms in total. The van der Waals surface area contributed by atoms with Gasteiger partial charge in [-0.25, -0.2) is 0 Å². The van der Waals surface area contributed by atoms with E-state index in [1.165, 1.54) is 10.7 Å². The van der Waals surface area contributed by atoms with Gasteiger partial charge in [0.05, 0.1) is 19.1 Å². The number of carbonyl (C=O) groups excluding carboxylic acids is 1. The molecule has 1 amide bonds. The average Bonchev–Trinajstić information content (AvgIpc) is 2.68. The van der Waals surface area contributed by atoms with Crippen LogP contribution >= 0.6 is 0 Å². The minimum Gasteiger partial charge on any atom is -0.378 e. The van der Waals surface area contributed by atoms with Gasteiger partial charge in [-0.05, 0) is 25.7 Å². The third-order valence-electron chi connectivity index (χ3n) is 5.84. The van der Waals surface area contributed by atoms with Gasteiger partial charge in [0.2, 0.25) is 5.91 Å². The van der Waals surface area contributed by atoms with Crippen LogP contribution in [0.4, 0.5) is 0 Å². The molecule has 2 heterocycles. The Hall–Kier alpha value is -0.700. The van der Waals surface area contributed by atoms with Crippen molar-refractivity contribution in [1.82, 2.24) is 13.5 Å². The van der Waals surface area contributed by atoms with Gasteiger partial charge in [-0.3, -0.25) is 4.79 Å². The Morgan fingerprint density at radius 1 is 1.00 bits per heavy atom. The van der Waals surface area contributed by atoms with Crippen LogP contribution in [-0.4, -0.2) is 80.3 Å². The van der Waals surface area contributed by atoms with Crippen LogP contribution in [0.2, 0.25) is 0 Å². The Labute approximate surface area is 151 Å². The largest absolute Gasteiger partial charge is 0.378 e. The molecule has 3 fully saturated rings. The van der Waals surface area contributed by atoms with E-state index < -0.39 is 10.2 Å². The van der Waals surface area contributed by atoms with Gasteiger partial charge in [-0.15, -0.1) is 0 Å². The monoisotopic (exact) mass is 373 g/mol. The predicted octanol–water partition coefficient (Wildman–Crippen LogP) is 1.07. The van der Waals surface area contributed by atoms with E-state index in [4.69, 9.17) is 4.74 Å². The Kier molecular flexibility index (Phi) is 6.35. The van der Waals surface area contributed by atoms with Gasteiger partial charge in [-0.2, -0.15) is 17.0 Å². The highest BCUT2D eigenvalue weighted by Crippen LogP contribution is 2.28. The molecule has 3 aliphatic rings. The second-order valence-electron chi connectivity index (χ2n) is 7.45. The standard InChI is InChI=1S/C17H31N3O4S/c1-18(16-7-3-2-4-8-16)25(22,23)20-9-5-6-15(14-20)17(21)19-10-12-24-13-11-19/h15-16H,2-14H2,1H3. The Morgan fingerprint density at radius 2 is 1.68 bits per heavy atom. The maximum absolute atomic E-state index is 13.0. The van der Waals surface area contributed by atoms with Crippen LogP contribution in [0.25, 0.3) is 0 Å². The van der Waals surface area contributed by atoms with Crippen molar-refractivity contribution >= 4 is 16.1 Å². The van der Waals surface area contributed by atoms with Crippen molar-refractivity contribution in [3.8, 4) is 0 Å². The van der Waals surface area contributed by atoms with Gasteiger partial charge in [0.15, 0.2) is 0 Å². The molecule has 1 unspecified atom stereocenters. The van der Waals surface area contributed by atoms with Gasteiger partial charge in [0.1, 0.15) is 0 Å². The first-order valence-corrected chi connectivity index (χ1v) is 11.0. The summed E-state index contributed by atoms with van der Waals surface area (Å²) in [5.74, 6) is -0.134. The van der Waals surface area contributed by atoms with E-state index in [9.17, 15) is 13.2 Å². The van der Waals surface area contributed by atoms with Crippen LogP contribution in [0.5, 0.6) is 0 Å². The van der Waals surface area contributed by atoms with Gasteiger partial charge in [0.25, 0.3) is 10.2 Å². The summed E-state index contributed by atoms with van der Waals surface area (Å²) in [5.41, 5.74) is 0. The van der Waals surface area contributed by atoms with Gasteiger partial charge in [0, 0.05) is 39.3 Å². The Balaban J connectivity index is 1.64. The molecular formula is C17H31N3O4S. The summed E-state index contributed by atoms with van der Waals surface area (Å²) in [7, 11) is -1.78. The van der Waals surface area contributed by atoms with E-state index in [1.807, 2.05) is 4.90 Å². The minimum atomic E-state index is -3.49. The highest BCUT2D eigenvalue weighted by molar-refractivity contribution is 7.86. The van der Waals surface area contributed by atoms with Crippen molar-refractivity contribution < 1.29 is 17.9 Å². The maximum Gasteiger partial charge on any atom is 0.281 e. The van der Waals surface area contributed by atoms with Crippen LogP contribution in [0.3, 0.4) is 0 Å². The molecule has 2 aliphatic heterocycles. The van der Waals surface area contributed by atoms with E-state index in [1.54, 1.807) is 11.4 Å². The van der Waals surface area contributed by atoms with E-state index in [-0.39, 0.29) is 17.9 Å². The SMILES string of the molecule is CN(C1CCCCC1)S(=O)(=O)N1CCCC(C(=O)N2CCOCC2)C1. The fraction of sp³-hybridized carbons (Fsp3) is 0.941. The number of amides is 1. The molecule has 144 valence electrons. The van der Waals surface area contributed by atoms with Gasteiger partial charge >= 0.3 is 0 Å². The number of morpholine rings is 1. The molecule has 0 N–H and O–H groups in total. The number of rotatable bonds is 4. The predicted molar refractivity (Wildman–Crippen MR) is 95.3 cm³/mol. The lowest BCUT2D eigenvalue weighted by Gasteiger charge is -2.39. The maximum atomic E-state index is 13.0. The second kappa shape index (κ2) is 8.33. The van der Waals surface area contributed by atoms with Crippen LogP contribution in [0, 0.1) is 5.92 Å². The molecule has 25 heavy (non-hydrogen) atoms. The summed E-state index contributed by atoms with van der Waals surface area (Å²) in [6.45, 7) is 3.21. The fourth-order valence-corrected chi connectivity index (χ4v) is 5.89. The first-order chi connectivity index (χ1) is 12.0. The lowest BCUT2D eigenvalue weighted by molar-refractivity contribution is -0.140. The van der Waals surface area contributed by atoms with E-state index in [2.05, 4.69) is 0 Å². The topological polar surface area (TPSA) is 70.2 Å². The van der Waals surface area contributed by atoms with Gasteiger partial charge < -0.3 is 9.64 Å². The number of carbonyl (C=O) groups is 1. The summed E-state index contributed by atoms with van der Waals surface area (Å²) in [6.07, 6.45) is 6.81. The molecule has 8 heteroatoms. The molecule has 3 rings (SSSR count). The zero-order valence-electron chi connectivity index (χ0n) is 15.2. The zero-order valence-corrected chi connectivity index (χ0v) is 16.0. The smallest absolute Gasteiger partial charge is 0.281 e. The quantitative estimate of drug-likeness (QED) is 0.739. The molecular weight excluding hydrogens is 342 g/mol. The first-order valence-electron chi connectivity index (χ1n) is 9.60. The zero-order chi connectivity index (χ0) is 17.9. The van der Waals surface area contributed by atoms with Crippen molar-refractivity contribution in [3.05, 3.63) is 0 Å². The number of nitrogens with zero attached hydrogens (tertiary/aromatic N) is 3. The molecule has 0 aromatic carbocycles. The van der Waals surface area contributed by atoms with Crippen LogP contribution in [-0.2, 0) is 19.7 Å². The van der Waals surface area contributed by atoms with E-state index in [0.717, 1.165) is 38.5 Å². The lowest BCUT2D eigenvalue weighted by atomic mass is 9.96. The fourth-order valence-electron chi connectivity index (χ4n) is 4.21. The summed E-state index contributed by atoms with van der Waals surface area (Å²) in [6, 6.07) is 0.106. The number of piperidine rings is 1. The van der Waals surface area contributed by atoms with Crippen LogP contribution in [0.1, 0.15) is 44.9 Å². The molecule has 0 aromatic rings. The van der Waals surface area contributed by atoms with Gasteiger partial charge in [-0.1, -0.05) is 19.3 Å². The average molecular weight is 374 g/mol. The molecule has 0 bridgehead atoms. The lowest BCUT2D eigenvalue weighted by Crippen LogP contribution is -2.53. The highest BCUT2D eigenvalue weighted by atomic mass is 32.2. The van der Waals surface area contributed by atoms with Crippen molar-refractivity contribution in [2.24, 2.45) is 5.92 Å². The van der Waals surface area contributed by atoms with E-state index >= 15 is 0 Å². The third kappa shape index (κ3) is 4.35. The molecule has 0 aromatic heterocycles. The number of hydrogen-bond donors (Lipinski definition) is 0. The van der Waals surface area contributed by atoms with Crippen molar-refractivity contribution in [2.45, 2.75) is 51.0 Å². The molecule has 1 atom stereocenters. The third-order valence-corrected chi connectivity index (χ3v) is 7.85. The number of hydrogen-bond acceptors (Lipinski definition) is 4. The summed E-state index contributed by atoms with van der Waals surface area (Å²) >= 11 is 0. The molecule has 1 saturated carbocycles. The van der Waals surface area contributed by atoms with E-state index in [0.29, 0.717) is 39.4 Å². The van der Waals surface area contributed by atoms with Crippen molar-refractivity contribution in [3.63, 3.8) is 0 Å². The molecule has 0 radical (unpaired) electrons. The Morgan fingerprint density at radius 3 is 2.36 bits per heavy atom. The number of ether oxygens (including phenoxy) is 1. The highest BCUT2D eigenvalue weighted by Gasteiger charge is 2.38. The Bertz CT molecular complexity index is 556. The summed E-state index contributed by atoms with van der Waals surface area (Å²) in [5, 5.41) is 0. The first kappa shape index (κ1) is 19.1. The van der Waals surface area contributed by atoms with Crippen molar-refractivity contribution in [2.75, 3.05) is 46.4 Å². The van der Waals surface area contributed by atoms with Crippen LogP contribution in [0.15, 0.2) is 0 Å². The molecule has 2 saturated heterocycles. The summed E-state index contributed by atoms with van der Waals surface area (Å²) in [4.78, 5) is 14.6. The minimum absolute atomic E-state index is 0.0866.